The van der Waals surface area contributed by atoms with Crippen molar-refractivity contribution >= 4 is 19.5 Å². The largest absolute Gasteiger partial charge is 0.457 e. The van der Waals surface area contributed by atoms with E-state index in [0.29, 0.717) is 6.42 Å². The van der Waals surface area contributed by atoms with Crippen LogP contribution in [0.15, 0.2) is 25.3 Å². The summed E-state index contributed by atoms with van der Waals surface area (Å²) in [6.07, 6.45) is 3.67. The molecule has 2 atom stereocenters. The maximum Gasteiger partial charge on any atom is 0.330 e. The number of rotatable bonds is 14. The van der Waals surface area contributed by atoms with E-state index in [1.165, 1.54) is 0 Å². The van der Waals surface area contributed by atoms with Crippen LogP contribution in [0.5, 0.6) is 0 Å². The molecule has 0 fully saturated rings. The summed E-state index contributed by atoms with van der Waals surface area (Å²) >= 11 is 0. The molecule has 0 heterocycles. The third-order valence-electron chi connectivity index (χ3n) is 3.02. The van der Waals surface area contributed by atoms with E-state index < -0.39 is 31.7 Å². The minimum absolute atomic E-state index is 0.0657. The van der Waals surface area contributed by atoms with E-state index in [9.17, 15) is 14.2 Å². The molecule has 0 saturated heterocycles. The maximum atomic E-state index is 12.8. The Bertz CT molecular complexity index is 453. The van der Waals surface area contributed by atoms with Crippen LogP contribution < -0.4 is 0 Å². The van der Waals surface area contributed by atoms with Crippen molar-refractivity contribution in [1.29, 1.82) is 0 Å². The van der Waals surface area contributed by atoms with Gasteiger partial charge < -0.3 is 18.5 Å². The molecule has 0 aromatic heterocycles. The molecule has 25 heavy (non-hydrogen) atoms. The Morgan fingerprint density at radius 2 is 1.40 bits per heavy atom. The first-order valence-electron chi connectivity index (χ1n) is 8.30. The van der Waals surface area contributed by atoms with Crippen molar-refractivity contribution in [2.45, 2.75) is 52.2 Å². The number of unbranched alkanes of at least 4 members (excludes halogenated alkanes) is 2. The van der Waals surface area contributed by atoms with Crippen LogP contribution in [0.4, 0.5) is 0 Å². The number of esters is 2. The molecule has 0 N–H and O–H groups in total. The second kappa shape index (κ2) is 12.9. The van der Waals surface area contributed by atoms with Crippen LogP contribution >= 0.6 is 7.60 Å². The fourth-order valence-electron chi connectivity index (χ4n) is 1.72. The quantitative estimate of drug-likeness (QED) is 0.198. The van der Waals surface area contributed by atoms with Gasteiger partial charge in [0.15, 0.2) is 0 Å². The molecule has 0 aliphatic carbocycles. The van der Waals surface area contributed by atoms with Gasteiger partial charge in [-0.3, -0.25) is 4.57 Å². The van der Waals surface area contributed by atoms with Gasteiger partial charge in [0, 0.05) is 12.2 Å². The van der Waals surface area contributed by atoms with E-state index in [4.69, 9.17) is 18.5 Å². The van der Waals surface area contributed by atoms with Crippen LogP contribution in [0.25, 0.3) is 0 Å². The number of hydrogen-bond acceptors (Lipinski definition) is 7. The molecule has 144 valence electrons. The number of carbonyl (C=O) groups is 2. The van der Waals surface area contributed by atoms with Crippen LogP contribution in [-0.4, -0.2) is 43.5 Å². The predicted molar refractivity (Wildman–Crippen MR) is 95.4 cm³/mol. The highest BCUT2D eigenvalue weighted by Crippen LogP contribution is 2.49. The van der Waals surface area contributed by atoms with E-state index in [1.807, 2.05) is 6.92 Å². The second-order valence-corrected chi connectivity index (χ2v) is 7.72. The van der Waals surface area contributed by atoms with Gasteiger partial charge in [-0.05, 0) is 20.3 Å². The molecule has 0 aliphatic rings. The zero-order valence-electron chi connectivity index (χ0n) is 15.3. The summed E-state index contributed by atoms with van der Waals surface area (Å²) in [6.45, 7) is 11.7. The number of hydrogen-bond donors (Lipinski definition) is 0. The van der Waals surface area contributed by atoms with Gasteiger partial charge in [-0.1, -0.05) is 32.9 Å². The normalized spacial score (nSPS) is 15.5. The van der Waals surface area contributed by atoms with Gasteiger partial charge in [-0.25, -0.2) is 9.59 Å². The van der Waals surface area contributed by atoms with E-state index in [2.05, 4.69) is 13.2 Å². The van der Waals surface area contributed by atoms with Crippen molar-refractivity contribution < 1.29 is 32.7 Å². The van der Waals surface area contributed by atoms with Gasteiger partial charge in [-0.15, -0.1) is 0 Å². The zero-order valence-corrected chi connectivity index (χ0v) is 16.2. The molecular formula is C17H29O7P. The SMILES string of the molecule is C=CC(=O)OC(C)COP(=O)(CCCCC)OCC(C)OC(=O)C=C. The average Bonchev–Trinajstić information content (AvgIpc) is 2.58. The molecule has 0 amide bonds. The Morgan fingerprint density at radius 3 is 1.76 bits per heavy atom. The van der Waals surface area contributed by atoms with Gasteiger partial charge in [-0.2, -0.15) is 0 Å². The van der Waals surface area contributed by atoms with Crippen LogP contribution in [0.3, 0.4) is 0 Å². The smallest absolute Gasteiger partial charge is 0.330 e. The molecule has 0 saturated carbocycles. The summed E-state index contributed by atoms with van der Waals surface area (Å²) in [5, 5.41) is 0. The van der Waals surface area contributed by atoms with Gasteiger partial charge in [0.05, 0.1) is 19.4 Å². The van der Waals surface area contributed by atoms with Gasteiger partial charge in [0.25, 0.3) is 0 Å². The maximum absolute atomic E-state index is 12.8. The summed E-state index contributed by atoms with van der Waals surface area (Å²) in [5.74, 6) is -1.16. The lowest BCUT2D eigenvalue weighted by atomic mass is 10.3. The highest BCUT2D eigenvalue weighted by Gasteiger charge is 2.27. The van der Waals surface area contributed by atoms with Gasteiger partial charge in [0.1, 0.15) is 12.2 Å². The van der Waals surface area contributed by atoms with Crippen LogP contribution in [0.1, 0.15) is 40.0 Å². The third-order valence-corrected chi connectivity index (χ3v) is 4.96. The molecular weight excluding hydrogens is 347 g/mol. The second-order valence-electron chi connectivity index (χ2n) is 5.54. The van der Waals surface area contributed by atoms with E-state index >= 15 is 0 Å². The minimum atomic E-state index is -3.39. The first-order chi connectivity index (χ1) is 11.8. The minimum Gasteiger partial charge on any atom is -0.457 e. The molecule has 0 aliphatic heterocycles. The summed E-state index contributed by atoms with van der Waals surface area (Å²) < 4.78 is 33.6. The van der Waals surface area contributed by atoms with Crippen molar-refractivity contribution in [3.05, 3.63) is 25.3 Å². The summed E-state index contributed by atoms with van der Waals surface area (Å²) in [6, 6.07) is 0. The van der Waals surface area contributed by atoms with Crippen LogP contribution in [0.2, 0.25) is 0 Å². The van der Waals surface area contributed by atoms with Crippen molar-refractivity contribution in [3.8, 4) is 0 Å². The monoisotopic (exact) mass is 376 g/mol. The standard InChI is InChI=1S/C17H29O7P/c1-6-9-10-11-25(20,21-12-14(4)23-16(18)7-2)22-13-15(5)24-17(19)8-3/h7-8,14-15H,2-3,6,9-13H2,1,4-5H3. The van der Waals surface area contributed by atoms with Crippen LogP contribution in [0, 0.1) is 0 Å². The fourth-order valence-corrected chi connectivity index (χ4v) is 3.54. The lowest BCUT2D eigenvalue weighted by molar-refractivity contribution is -0.143. The van der Waals surface area contributed by atoms with Crippen molar-refractivity contribution in [2.75, 3.05) is 19.4 Å². The Hall–Kier alpha value is -1.43. The Kier molecular flexibility index (Phi) is 12.1. The molecule has 0 aromatic rings. The molecule has 0 rings (SSSR count). The molecule has 7 nitrogen and oxygen atoms in total. The predicted octanol–water partition coefficient (Wildman–Crippen LogP) is 3.64. The number of ether oxygens (including phenoxy) is 2. The van der Waals surface area contributed by atoms with Crippen molar-refractivity contribution in [1.82, 2.24) is 0 Å². The first kappa shape index (κ1) is 23.6. The van der Waals surface area contributed by atoms with Crippen LogP contribution in [-0.2, 0) is 32.7 Å². The van der Waals surface area contributed by atoms with Gasteiger partial charge >= 0.3 is 19.5 Å². The zero-order chi connectivity index (χ0) is 19.3. The average molecular weight is 376 g/mol. The third kappa shape index (κ3) is 11.7. The Balaban J connectivity index is 4.62. The summed E-state index contributed by atoms with van der Waals surface area (Å²) in [4.78, 5) is 22.3. The molecule has 2 unspecified atom stereocenters. The van der Waals surface area contributed by atoms with E-state index in [0.717, 1.165) is 25.0 Å². The first-order valence-corrected chi connectivity index (χ1v) is 10.0. The lowest BCUT2D eigenvalue weighted by Crippen LogP contribution is -2.21. The highest BCUT2D eigenvalue weighted by atomic mass is 31.2. The van der Waals surface area contributed by atoms with E-state index in [-0.39, 0.29) is 19.4 Å². The molecule has 0 spiro atoms. The Morgan fingerprint density at radius 1 is 0.960 bits per heavy atom. The van der Waals surface area contributed by atoms with Gasteiger partial charge in [0.2, 0.25) is 0 Å². The molecule has 8 heteroatoms. The van der Waals surface area contributed by atoms with Crippen molar-refractivity contribution in [3.63, 3.8) is 0 Å². The topological polar surface area (TPSA) is 88.1 Å². The highest BCUT2D eigenvalue weighted by molar-refractivity contribution is 7.53. The van der Waals surface area contributed by atoms with E-state index in [1.54, 1.807) is 13.8 Å². The fraction of sp³-hybridized carbons (Fsp3) is 0.647. The Labute approximate surface area is 149 Å². The molecule has 0 radical (unpaired) electrons. The lowest BCUT2D eigenvalue weighted by Gasteiger charge is -2.22. The number of carbonyl (C=O) groups excluding carboxylic acids is 2. The molecule has 0 bridgehead atoms. The summed E-state index contributed by atoms with van der Waals surface area (Å²) in [5.41, 5.74) is 0. The molecule has 0 aromatic carbocycles. The summed E-state index contributed by atoms with van der Waals surface area (Å²) in [7, 11) is -3.39. The van der Waals surface area contributed by atoms with Crippen molar-refractivity contribution in [2.24, 2.45) is 0 Å².